The molecule has 1 saturated carbocycles. The quantitative estimate of drug-likeness (QED) is 0.784. The fourth-order valence-electron chi connectivity index (χ4n) is 3.43. The number of rotatable bonds is 3. The molecule has 102 valence electrons. The third-order valence-electron chi connectivity index (χ3n) is 4.44. The number of carbonyl (C=O) groups excluding carboxylic acids is 1. The molecule has 0 spiro atoms. The zero-order valence-electron chi connectivity index (χ0n) is 11.4. The molecular weight excluding hydrogens is 238 g/mol. The number of fused-ring (bicyclic) bond motifs is 1. The molecule has 0 saturated heterocycles. The standard InChI is InChI=1S/C15H21N3O/c1-2-8-15(10-12(19)11-15)14-17-16-13-7-5-3-4-6-9-18(13)14/h2H,1,3-11H2. The summed E-state index contributed by atoms with van der Waals surface area (Å²) < 4.78 is 2.29. The van der Waals surface area contributed by atoms with Crippen molar-refractivity contribution in [3.05, 3.63) is 24.3 Å². The first-order valence-electron chi connectivity index (χ1n) is 7.30. The van der Waals surface area contributed by atoms with Crippen LogP contribution in [0.15, 0.2) is 12.7 Å². The average molecular weight is 259 g/mol. The summed E-state index contributed by atoms with van der Waals surface area (Å²) in [4.78, 5) is 11.5. The first-order chi connectivity index (χ1) is 9.25. The van der Waals surface area contributed by atoms with E-state index >= 15 is 0 Å². The first kappa shape index (κ1) is 12.6. The molecule has 0 amide bonds. The number of allylic oxidation sites excluding steroid dienone is 1. The summed E-state index contributed by atoms with van der Waals surface area (Å²) in [6.45, 7) is 4.84. The van der Waals surface area contributed by atoms with Crippen molar-refractivity contribution in [2.75, 3.05) is 0 Å². The minimum absolute atomic E-state index is 0.108. The Morgan fingerprint density at radius 2 is 2.00 bits per heavy atom. The van der Waals surface area contributed by atoms with Gasteiger partial charge in [-0.15, -0.1) is 16.8 Å². The van der Waals surface area contributed by atoms with Crippen LogP contribution >= 0.6 is 0 Å². The molecule has 0 atom stereocenters. The molecule has 3 rings (SSSR count). The Balaban J connectivity index is 1.95. The normalized spacial score (nSPS) is 22.0. The van der Waals surface area contributed by atoms with E-state index in [-0.39, 0.29) is 5.41 Å². The fourth-order valence-corrected chi connectivity index (χ4v) is 3.43. The molecule has 2 heterocycles. The molecule has 19 heavy (non-hydrogen) atoms. The van der Waals surface area contributed by atoms with Gasteiger partial charge in [0.15, 0.2) is 0 Å². The highest BCUT2D eigenvalue weighted by atomic mass is 16.1. The Bertz CT molecular complexity index is 490. The van der Waals surface area contributed by atoms with Crippen LogP contribution in [0.5, 0.6) is 0 Å². The number of aromatic nitrogens is 3. The van der Waals surface area contributed by atoms with Crippen LogP contribution in [0.1, 0.15) is 56.6 Å². The average Bonchev–Trinajstić information content (AvgIpc) is 2.69. The van der Waals surface area contributed by atoms with Crippen LogP contribution in [0.4, 0.5) is 0 Å². The van der Waals surface area contributed by atoms with E-state index in [0.29, 0.717) is 18.6 Å². The molecule has 0 aromatic carbocycles. The topological polar surface area (TPSA) is 47.8 Å². The number of ketones is 1. The van der Waals surface area contributed by atoms with E-state index in [1.165, 1.54) is 25.7 Å². The first-order valence-corrected chi connectivity index (χ1v) is 7.30. The number of hydrogen-bond donors (Lipinski definition) is 0. The summed E-state index contributed by atoms with van der Waals surface area (Å²) in [7, 11) is 0. The van der Waals surface area contributed by atoms with Crippen molar-refractivity contribution in [1.82, 2.24) is 14.8 Å². The highest BCUT2D eigenvalue weighted by Crippen LogP contribution is 2.44. The third-order valence-corrected chi connectivity index (χ3v) is 4.44. The molecule has 4 nitrogen and oxygen atoms in total. The predicted molar refractivity (Wildman–Crippen MR) is 72.9 cm³/mol. The van der Waals surface area contributed by atoms with Gasteiger partial charge in [0, 0.05) is 31.2 Å². The Hall–Kier alpha value is -1.45. The monoisotopic (exact) mass is 259 g/mol. The third kappa shape index (κ3) is 2.13. The van der Waals surface area contributed by atoms with Crippen molar-refractivity contribution >= 4 is 5.78 Å². The van der Waals surface area contributed by atoms with Crippen LogP contribution in [-0.2, 0) is 23.2 Å². The van der Waals surface area contributed by atoms with Crippen LogP contribution in [0.3, 0.4) is 0 Å². The van der Waals surface area contributed by atoms with E-state index in [9.17, 15) is 4.79 Å². The highest BCUT2D eigenvalue weighted by Gasteiger charge is 2.47. The maximum Gasteiger partial charge on any atom is 0.140 e. The smallest absolute Gasteiger partial charge is 0.140 e. The number of nitrogens with zero attached hydrogens (tertiary/aromatic N) is 3. The van der Waals surface area contributed by atoms with Crippen LogP contribution in [-0.4, -0.2) is 20.5 Å². The Kier molecular flexibility index (Phi) is 3.25. The molecule has 1 aromatic rings. The van der Waals surface area contributed by atoms with Crippen molar-refractivity contribution in [1.29, 1.82) is 0 Å². The zero-order valence-corrected chi connectivity index (χ0v) is 11.4. The maximum absolute atomic E-state index is 11.5. The van der Waals surface area contributed by atoms with E-state index in [1.807, 2.05) is 6.08 Å². The minimum Gasteiger partial charge on any atom is -0.314 e. The van der Waals surface area contributed by atoms with Gasteiger partial charge in [-0.1, -0.05) is 18.9 Å². The lowest BCUT2D eigenvalue weighted by atomic mass is 9.65. The van der Waals surface area contributed by atoms with Crippen LogP contribution in [0.2, 0.25) is 0 Å². The van der Waals surface area contributed by atoms with Gasteiger partial charge in [-0.3, -0.25) is 4.79 Å². The second-order valence-corrected chi connectivity index (χ2v) is 5.92. The summed E-state index contributed by atoms with van der Waals surface area (Å²) in [5.74, 6) is 2.48. The van der Waals surface area contributed by atoms with Gasteiger partial charge in [-0.25, -0.2) is 0 Å². The van der Waals surface area contributed by atoms with Gasteiger partial charge in [0.2, 0.25) is 0 Å². The number of Topliss-reactive ketones (excluding diaryl/α,β-unsaturated/α-hetero) is 1. The fraction of sp³-hybridized carbons (Fsp3) is 0.667. The van der Waals surface area contributed by atoms with Gasteiger partial charge < -0.3 is 4.57 Å². The molecular formula is C15H21N3O. The van der Waals surface area contributed by atoms with Crippen LogP contribution in [0.25, 0.3) is 0 Å². The predicted octanol–water partition coefficient (Wildman–Crippen LogP) is 2.57. The second-order valence-electron chi connectivity index (χ2n) is 5.92. The van der Waals surface area contributed by atoms with E-state index < -0.39 is 0 Å². The van der Waals surface area contributed by atoms with Gasteiger partial charge in [-0.05, 0) is 19.3 Å². The van der Waals surface area contributed by atoms with E-state index in [1.54, 1.807) is 0 Å². The highest BCUT2D eigenvalue weighted by molar-refractivity contribution is 5.88. The van der Waals surface area contributed by atoms with Gasteiger partial charge in [0.1, 0.15) is 17.4 Å². The molecule has 0 N–H and O–H groups in total. The Labute approximate surface area is 113 Å². The van der Waals surface area contributed by atoms with Crippen molar-refractivity contribution in [3.8, 4) is 0 Å². The van der Waals surface area contributed by atoms with Crippen molar-refractivity contribution in [2.24, 2.45) is 0 Å². The van der Waals surface area contributed by atoms with Crippen molar-refractivity contribution in [3.63, 3.8) is 0 Å². The molecule has 0 unspecified atom stereocenters. The number of carbonyl (C=O) groups is 1. The summed E-state index contributed by atoms with van der Waals surface area (Å²) in [5, 5.41) is 8.82. The van der Waals surface area contributed by atoms with Gasteiger partial charge in [0.05, 0.1) is 0 Å². The Morgan fingerprint density at radius 3 is 2.74 bits per heavy atom. The van der Waals surface area contributed by atoms with E-state index in [0.717, 1.165) is 31.0 Å². The lowest BCUT2D eigenvalue weighted by Gasteiger charge is -2.39. The summed E-state index contributed by atoms with van der Waals surface area (Å²) in [5.41, 5.74) is -0.108. The van der Waals surface area contributed by atoms with Crippen molar-refractivity contribution in [2.45, 2.75) is 63.3 Å². The molecule has 1 aliphatic carbocycles. The van der Waals surface area contributed by atoms with Crippen LogP contribution in [0, 0.1) is 0 Å². The van der Waals surface area contributed by atoms with Gasteiger partial charge >= 0.3 is 0 Å². The van der Waals surface area contributed by atoms with E-state index in [2.05, 4.69) is 21.3 Å². The molecule has 1 aliphatic heterocycles. The molecule has 2 aliphatic rings. The lowest BCUT2D eigenvalue weighted by molar-refractivity contribution is -0.128. The minimum atomic E-state index is -0.108. The number of hydrogen-bond acceptors (Lipinski definition) is 3. The van der Waals surface area contributed by atoms with Crippen LogP contribution < -0.4 is 0 Å². The number of aryl methyl sites for hydroxylation is 1. The zero-order chi connectivity index (χ0) is 13.3. The summed E-state index contributed by atoms with van der Waals surface area (Å²) >= 11 is 0. The van der Waals surface area contributed by atoms with Gasteiger partial charge in [-0.2, -0.15) is 0 Å². The lowest BCUT2D eigenvalue weighted by Crippen LogP contribution is -2.43. The molecule has 1 fully saturated rings. The van der Waals surface area contributed by atoms with Gasteiger partial charge in [0.25, 0.3) is 0 Å². The molecule has 0 radical (unpaired) electrons. The van der Waals surface area contributed by atoms with E-state index in [4.69, 9.17) is 0 Å². The Morgan fingerprint density at radius 1 is 1.21 bits per heavy atom. The molecule has 0 bridgehead atoms. The summed E-state index contributed by atoms with van der Waals surface area (Å²) in [6, 6.07) is 0. The summed E-state index contributed by atoms with van der Waals surface area (Å²) in [6.07, 6.45) is 9.94. The largest absolute Gasteiger partial charge is 0.314 e. The molecule has 1 aromatic heterocycles. The SMILES string of the molecule is C=CCC1(c2nnc3n2CCCCCC3)CC(=O)C1. The van der Waals surface area contributed by atoms with Crippen molar-refractivity contribution < 1.29 is 4.79 Å². The second kappa shape index (κ2) is 4.91. The maximum atomic E-state index is 11.5. The molecule has 4 heteroatoms.